The number of carbonyl (C=O) groups is 1. The normalized spacial score (nSPS) is 12.8. The van der Waals surface area contributed by atoms with Gasteiger partial charge in [0.15, 0.2) is 6.04 Å². The van der Waals surface area contributed by atoms with Gasteiger partial charge < -0.3 is 15.4 Å². The van der Waals surface area contributed by atoms with Gasteiger partial charge in [-0.25, -0.2) is 4.39 Å². The number of benzene rings is 3. The topological polar surface area (TPSA) is 54.9 Å². The lowest BCUT2D eigenvalue weighted by molar-refractivity contribution is -0.704. The van der Waals surface area contributed by atoms with Crippen LogP contribution in [0.25, 0.3) is 0 Å². The number of methoxy groups -OCH3 is 1. The van der Waals surface area contributed by atoms with Gasteiger partial charge in [0.2, 0.25) is 0 Å². The molecule has 0 aliphatic rings. The van der Waals surface area contributed by atoms with Crippen molar-refractivity contribution in [2.24, 2.45) is 0 Å². The number of rotatable bonds is 8. The molecule has 0 heterocycles. The van der Waals surface area contributed by atoms with Crippen molar-refractivity contribution >= 4 is 11.6 Å². The van der Waals surface area contributed by atoms with Gasteiger partial charge in [0.25, 0.3) is 5.91 Å². The first-order chi connectivity index (χ1) is 14.5. The van der Waals surface area contributed by atoms with E-state index >= 15 is 0 Å². The van der Waals surface area contributed by atoms with Crippen LogP contribution in [0.4, 0.5) is 10.1 Å². The molecular weight excluding hydrogens is 379 g/mol. The zero-order valence-electron chi connectivity index (χ0n) is 17.6. The first kappa shape index (κ1) is 21.5. The molecule has 30 heavy (non-hydrogen) atoms. The maximum Gasteiger partial charge on any atom is 0.282 e. The molecule has 1 amide bonds. The Morgan fingerprint density at radius 1 is 1.03 bits per heavy atom. The molecular formula is C25H28FN2O2+. The molecule has 3 rings (SSSR count). The van der Waals surface area contributed by atoms with E-state index in [0.717, 1.165) is 17.5 Å². The molecule has 2 atom stereocenters. The number of halogens is 1. The SMILES string of the molecule is CCc1ccc([C@@H]([NH2+][C@@H](C)C(=O)Nc2ccccc2OC)c2cccc(F)c2)cc1. The molecule has 156 valence electrons. The van der Waals surface area contributed by atoms with Crippen molar-refractivity contribution in [1.29, 1.82) is 0 Å². The Labute approximate surface area is 177 Å². The fourth-order valence-electron chi connectivity index (χ4n) is 3.45. The number of anilines is 1. The van der Waals surface area contributed by atoms with Gasteiger partial charge >= 0.3 is 0 Å². The van der Waals surface area contributed by atoms with E-state index in [-0.39, 0.29) is 17.8 Å². The van der Waals surface area contributed by atoms with Crippen LogP contribution in [0.15, 0.2) is 72.8 Å². The summed E-state index contributed by atoms with van der Waals surface area (Å²) in [4.78, 5) is 12.9. The quantitative estimate of drug-likeness (QED) is 0.591. The highest BCUT2D eigenvalue weighted by Gasteiger charge is 2.25. The fourth-order valence-corrected chi connectivity index (χ4v) is 3.45. The molecule has 3 N–H and O–H groups in total. The molecule has 0 bridgehead atoms. The summed E-state index contributed by atoms with van der Waals surface area (Å²) < 4.78 is 19.2. The molecule has 0 radical (unpaired) electrons. The van der Waals surface area contributed by atoms with Crippen molar-refractivity contribution in [2.75, 3.05) is 12.4 Å². The Morgan fingerprint density at radius 2 is 1.77 bits per heavy atom. The van der Waals surface area contributed by atoms with E-state index in [4.69, 9.17) is 4.74 Å². The Morgan fingerprint density at radius 3 is 2.43 bits per heavy atom. The molecule has 3 aromatic carbocycles. The van der Waals surface area contributed by atoms with Crippen LogP contribution in [-0.4, -0.2) is 19.1 Å². The second kappa shape index (κ2) is 10.0. The number of para-hydroxylation sites is 2. The van der Waals surface area contributed by atoms with Crippen molar-refractivity contribution < 1.29 is 19.2 Å². The molecule has 0 aliphatic heterocycles. The predicted molar refractivity (Wildman–Crippen MR) is 117 cm³/mol. The van der Waals surface area contributed by atoms with Crippen molar-refractivity contribution in [3.8, 4) is 5.75 Å². The van der Waals surface area contributed by atoms with Crippen molar-refractivity contribution in [2.45, 2.75) is 32.4 Å². The summed E-state index contributed by atoms with van der Waals surface area (Å²) in [7, 11) is 1.57. The van der Waals surface area contributed by atoms with E-state index in [2.05, 4.69) is 36.5 Å². The van der Waals surface area contributed by atoms with Crippen molar-refractivity contribution in [3.05, 3.63) is 95.3 Å². The number of hydrogen-bond donors (Lipinski definition) is 2. The van der Waals surface area contributed by atoms with E-state index < -0.39 is 6.04 Å². The molecule has 5 heteroatoms. The third-order valence-electron chi connectivity index (χ3n) is 5.21. The highest BCUT2D eigenvalue weighted by Crippen LogP contribution is 2.23. The zero-order chi connectivity index (χ0) is 21.5. The van der Waals surface area contributed by atoms with Gasteiger partial charge in [0.05, 0.1) is 12.8 Å². The summed E-state index contributed by atoms with van der Waals surface area (Å²) in [6.45, 7) is 3.95. The van der Waals surface area contributed by atoms with Crippen LogP contribution in [0.3, 0.4) is 0 Å². The molecule has 0 spiro atoms. The van der Waals surface area contributed by atoms with Crippen molar-refractivity contribution in [1.82, 2.24) is 0 Å². The molecule has 0 aromatic heterocycles. The monoisotopic (exact) mass is 407 g/mol. The molecule has 4 nitrogen and oxygen atoms in total. The number of carbonyl (C=O) groups excluding carboxylic acids is 1. The Hall–Kier alpha value is -3.18. The lowest BCUT2D eigenvalue weighted by Gasteiger charge is -2.21. The summed E-state index contributed by atoms with van der Waals surface area (Å²) in [5.74, 6) is 0.170. The minimum Gasteiger partial charge on any atom is -0.495 e. The minimum atomic E-state index is -0.408. The number of nitrogens with one attached hydrogen (secondary N) is 1. The van der Waals surface area contributed by atoms with Crippen LogP contribution in [0, 0.1) is 5.82 Å². The van der Waals surface area contributed by atoms with Crippen LogP contribution in [0.1, 0.15) is 36.6 Å². The Bertz CT molecular complexity index is 988. The predicted octanol–water partition coefficient (Wildman–Crippen LogP) is 4.08. The van der Waals surface area contributed by atoms with Gasteiger partial charge in [-0.3, -0.25) is 4.79 Å². The maximum absolute atomic E-state index is 13.9. The summed E-state index contributed by atoms with van der Waals surface area (Å²) in [6.07, 6.45) is 0.951. The summed E-state index contributed by atoms with van der Waals surface area (Å²) in [5.41, 5.74) is 3.70. The highest BCUT2D eigenvalue weighted by molar-refractivity contribution is 5.94. The standard InChI is InChI=1S/C25H27FN2O2/c1-4-18-12-14-19(15-13-18)24(20-8-7-9-21(26)16-20)27-17(2)25(29)28-22-10-5-6-11-23(22)30-3/h5-17,24,27H,4H2,1-3H3,(H,28,29)/p+1/t17-,24+/m0/s1. The lowest BCUT2D eigenvalue weighted by atomic mass is 9.96. The lowest BCUT2D eigenvalue weighted by Crippen LogP contribution is -2.92. The highest BCUT2D eigenvalue weighted by atomic mass is 19.1. The number of ether oxygens (including phenoxy) is 1. The van der Waals surface area contributed by atoms with Crippen molar-refractivity contribution in [3.63, 3.8) is 0 Å². The zero-order valence-corrected chi connectivity index (χ0v) is 17.6. The molecule has 0 aliphatic carbocycles. The summed E-state index contributed by atoms with van der Waals surface area (Å²) in [5, 5.41) is 4.89. The third-order valence-corrected chi connectivity index (χ3v) is 5.21. The van der Waals surface area contributed by atoms with Crippen LogP contribution in [-0.2, 0) is 11.2 Å². The Kier molecular flexibility index (Phi) is 7.20. The number of nitrogens with two attached hydrogens (primary N) is 1. The number of quaternary nitrogens is 1. The van der Waals surface area contributed by atoms with Gasteiger partial charge in [-0.2, -0.15) is 0 Å². The molecule has 3 aromatic rings. The molecule has 0 saturated heterocycles. The average Bonchev–Trinajstić information content (AvgIpc) is 2.77. The number of hydrogen-bond acceptors (Lipinski definition) is 2. The molecule has 0 unspecified atom stereocenters. The molecule has 0 saturated carbocycles. The number of amides is 1. The van der Waals surface area contributed by atoms with E-state index in [0.29, 0.717) is 11.4 Å². The van der Waals surface area contributed by atoms with Gasteiger partial charge in [0.1, 0.15) is 17.6 Å². The third kappa shape index (κ3) is 5.24. The maximum atomic E-state index is 13.9. The van der Waals surface area contributed by atoms with Gasteiger partial charge in [0, 0.05) is 11.1 Å². The fraction of sp³-hybridized carbons (Fsp3) is 0.240. The molecule has 0 fully saturated rings. The first-order valence-corrected chi connectivity index (χ1v) is 10.1. The smallest absolute Gasteiger partial charge is 0.282 e. The first-order valence-electron chi connectivity index (χ1n) is 10.1. The van der Waals surface area contributed by atoms with Gasteiger partial charge in [-0.15, -0.1) is 0 Å². The largest absolute Gasteiger partial charge is 0.495 e. The second-order valence-electron chi connectivity index (χ2n) is 7.30. The van der Waals surface area contributed by atoms with Crippen LogP contribution >= 0.6 is 0 Å². The van der Waals surface area contributed by atoms with Crippen LogP contribution in [0.2, 0.25) is 0 Å². The Balaban J connectivity index is 1.83. The second-order valence-corrected chi connectivity index (χ2v) is 7.30. The van der Waals surface area contributed by atoms with Crippen LogP contribution in [0.5, 0.6) is 5.75 Å². The van der Waals surface area contributed by atoms with Gasteiger partial charge in [-0.05, 0) is 43.2 Å². The van der Waals surface area contributed by atoms with E-state index in [9.17, 15) is 9.18 Å². The van der Waals surface area contributed by atoms with E-state index in [1.54, 1.807) is 25.3 Å². The van der Waals surface area contributed by atoms with Gasteiger partial charge in [-0.1, -0.05) is 55.5 Å². The van der Waals surface area contributed by atoms with Crippen LogP contribution < -0.4 is 15.4 Å². The number of aryl methyl sites for hydroxylation is 1. The summed E-state index contributed by atoms with van der Waals surface area (Å²) in [6, 6.07) is 21.5. The van der Waals surface area contributed by atoms with E-state index in [1.165, 1.54) is 17.7 Å². The van der Waals surface area contributed by atoms with E-state index in [1.807, 2.05) is 30.4 Å². The minimum absolute atomic E-state index is 0.147. The average molecular weight is 408 g/mol. The summed E-state index contributed by atoms with van der Waals surface area (Å²) >= 11 is 0.